The van der Waals surface area contributed by atoms with Crippen LogP contribution in [0.25, 0.3) is 5.57 Å². The third-order valence-corrected chi connectivity index (χ3v) is 2.09. The summed E-state index contributed by atoms with van der Waals surface area (Å²) in [5.74, 6) is 2.06. The lowest BCUT2D eigenvalue weighted by Gasteiger charge is -2.05. The van der Waals surface area contributed by atoms with E-state index in [0.717, 1.165) is 5.56 Å². The largest absolute Gasteiger partial charge is 0.258 e. The number of hydrogen-bond donors (Lipinski definition) is 1. The molecule has 16 heavy (non-hydrogen) atoms. The van der Waals surface area contributed by atoms with Gasteiger partial charge in [0.15, 0.2) is 0 Å². The normalized spacial score (nSPS) is 10.4. The quantitative estimate of drug-likeness (QED) is 0.460. The fraction of sp³-hybridized carbons (Fsp3) is 0.0769. The van der Waals surface area contributed by atoms with E-state index in [1.54, 1.807) is 19.1 Å². The Morgan fingerprint density at radius 3 is 2.19 bits per heavy atom. The standard InChI is InChI=1S/C13H9N3/c1-10(7-14)13(12(8-15)9-16)11-5-3-2-4-6-11/h2-6,15H,1H3/b13-10+. The summed E-state index contributed by atoms with van der Waals surface area (Å²) in [6.07, 6.45) is 0. The van der Waals surface area contributed by atoms with Gasteiger partial charge in [0.05, 0.1) is 6.07 Å². The predicted molar refractivity (Wildman–Crippen MR) is 61.5 cm³/mol. The molecule has 1 aromatic rings. The highest BCUT2D eigenvalue weighted by atomic mass is 14.3. The second-order valence-corrected chi connectivity index (χ2v) is 3.09. The first-order valence-electron chi connectivity index (χ1n) is 4.61. The molecule has 0 saturated carbocycles. The van der Waals surface area contributed by atoms with Gasteiger partial charge in [0, 0.05) is 11.1 Å². The molecule has 0 heterocycles. The number of rotatable bonds is 2. The molecule has 3 nitrogen and oxygen atoms in total. The minimum Gasteiger partial charge on any atom is -0.258 e. The molecule has 0 bridgehead atoms. The molecule has 1 N–H and O–H groups in total. The number of nitriles is 2. The van der Waals surface area contributed by atoms with Crippen LogP contribution in [-0.4, -0.2) is 5.87 Å². The van der Waals surface area contributed by atoms with Crippen LogP contribution in [-0.2, 0) is 0 Å². The van der Waals surface area contributed by atoms with Gasteiger partial charge < -0.3 is 0 Å². The molecule has 0 saturated heterocycles. The van der Waals surface area contributed by atoms with E-state index in [9.17, 15) is 0 Å². The smallest absolute Gasteiger partial charge is 0.121 e. The Morgan fingerprint density at radius 1 is 1.12 bits per heavy atom. The number of nitrogens with zero attached hydrogens (tertiary/aromatic N) is 2. The fourth-order valence-electron chi connectivity index (χ4n) is 1.36. The van der Waals surface area contributed by atoms with Gasteiger partial charge in [-0.25, -0.2) is 0 Å². The van der Waals surface area contributed by atoms with Crippen molar-refractivity contribution >= 4 is 11.4 Å². The van der Waals surface area contributed by atoms with Crippen molar-refractivity contribution in [2.45, 2.75) is 6.92 Å². The molecule has 0 unspecified atom stereocenters. The monoisotopic (exact) mass is 207 g/mol. The first-order chi connectivity index (χ1) is 7.74. The van der Waals surface area contributed by atoms with Crippen molar-refractivity contribution in [1.82, 2.24) is 0 Å². The molecule has 76 valence electrons. The zero-order valence-electron chi connectivity index (χ0n) is 8.78. The highest BCUT2D eigenvalue weighted by Crippen LogP contribution is 2.24. The van der Waals surface area contributed by atoms with Crippen LogP contribution in [0.3, 0.4) is 0 Å². The van der Waals surface area contributed by atoms with Gasteiger partial charge in [0.25, 0.3) is 0 Å². The van der Waals surface area contributed by atoms with E-state index in [2.05, 4.69) is 5.87 Å². The van der Waals surface area contributed by atoms with E-state index < -0.39 is 0 Å². The Bertz CT molecular complexity index is 547. The maximum absolute atomic E-state index is 8.89. The van der Waals surface area contributed by atoms with Gasteiger partial charge in [-0.3, -0.25) is 5.41 Å². The average molecular weight is 207 g/mol. The minimum absolute atomic E-state index is 0.0743. The average Bonchev–Trinajstić information content (AvgIpc) is 2.36. The van der Waals surface area contributed by atoms with E-state index in [-0.39, 0.29) is 5.57 Å². The lowest BCUT2D eigenvalue weighted by atomic mass is 9.95. The Hall–Kier alpha value is -2.61. The number of allylic oxidation sites excluding steroid dienone is 3. The lowest BCUT2D eigenvalue weighted by Crippen LogP contribution is -1.92. The first-order valence-corrected chi connectivity index (χ1v) is 4.61. The summed E-state index contributed by atoms with van der Waals surface area (Å²) in [4.78, 5) is 0. The van der Waals surface area contributed by atoms with Crippen LogP contribution >= 0.6 is 0 Å². The maximum Gasteiger partial charge on any atom is 0.121 e. The summed E-state index contributed by atoms with van der Waals surface area (Å²) in [6.45, 7) is 1.62. The molecule has 0 spiro atoms. The Morgan fingerprint density at radius 2 is 1.75 bits per heavy atom. The highest BCUT2D eigenvalue weighted by Gasteiger charge is 2.11. The molecule has 0 aromatic heterocycles. The molecule has 0 amide bonds. The van der Waals surface area contributed by atoms with Crippen molar-refractivity contribution in [3.8, 4) is 12.1 Å². The van der Waals surface area contributed by atoms with Crippen molar-refractivity contribution in [2.24, 2.45) is 0 Å². The van der Waals surface area contributed by atoms with Crippen LogP contribution in [0, 0.1) is 28.1 Å². The van der Waals surface area contributed by atoms with Crippen molar-refractivity contribution in [3.63, 3.8) is 0 Å². The van der Waals surface area contributed by atoms with Gasteiger partial charge in [-0.2, -0.15) is 10.5 Å². The van der Waals surface area contributed by atoms with Crippen LogP contribution in [0.2, 0.25) is 0 Å². The number of hydrogen-bond acceptors (Lipinski definition) is 3. The molecule has 0 radical (unpaired) electrons. The third kappa shape index (κ3) is 2.25. The summed E-state index contributed by atoms with van der Waals surface area (Å²) in [5.41, 5.74) is 1.70. The molecule has 0 aliphatic rings. The van der Waals surface area contributed by atoms with Crippen molar-refractivity contribution in [2.75, 3.05) is 0 Å². The van der Waals surface area contributed by atoms with Crippen LogP contribution in [0.15, 0.2) is 41.5 Å². The minimum atomic E-state index is 0.0743. The Balaban J connectivity index is 3.50. The molecule has 1 aromatic carbocycles. The fourth-order valence-corrected chi connectivity index (χ4v) is 1.36. The predicted octanol–water partition coefficient (Wildman–Crippen LogP) is 2.68. The van der Waals surface area contributed by atoms with E-state index in [0.29, 0.717) is 11.1 Å². The van der Waals surface area contributed by atoms with Crippen LogP contribution in [0.5, 0.6) is 0 Å². The Labute approximate surface area is 94.1 Å². The van der Waals surface area contributed by atoms with Gasteiger partial charge >= 0.3 is 0 Å². The summed E-state index contributed by atoms with van der Waals surface area (Å²) in [5, 5.41) is 24.8. The number of nitrogens with one attached hydrogen (secondary N) is 1. The molecular weight excluding hydrogens is 198 g/mol. The van der Waals surface area contributed by atoms with Gasteiger partial charge in [-0.15, -0.1) is 0 Å². The molecule has 0 aliphatic carbocycles. The topological polar surface area (TPSA) is 71.4 Å². The maximum atomic E-state index is 8.89. The third-order valence-electron chi connectivity index (χ3n) is 2.09. The second kappa shape index (κ2) is 5.32. The van der Waals surface area contributed by atoms with Gasteiger partial charge in [0.2, 0.25) is 0 Å². The van der Waals surface area contributed by atoms with E-state index >= 15 is 0 Å². The zero-order chi connectivity index (χ0) is 12.0. The van der Waals surface area contributed by atoms with Gasteiger partial charge in [-0.1, -0.05) is 30.3 Å². The van der Waals surface area contributed by atoms with E-state index in [1.165, 1.54) is 0 Å². The summed E-state index contributed by atoms with van der Waals surface area (Å²) >= 11 is 0. The highest BCUT2D eigenvalue weighted by molar-refractivity contribution is 5.94. The molecule has 0 atom stereocenters. The molecule has 1 rings (SSSR count). The number of benzene rings is 1. The van der Waals surface area contributed by atoms with E-state index in [1.807, 2.05) is 30.3 Å². The van der Waals surface area contributed by atoms with Crippen LogP contribution < -0.4 is 0 Å². The second-order valence-electron chi connectivity index (χ2n) is 3.09. The SMILES string of the molecule is C/C(C#N)=C(\C(=C=N)C#N)c1ccccc1. The molecule has 0 fully saturated rings. The van der Waals surface area contributed by atoms with Gasteiger partial charge in [0.1, 0.15) is 11.6 Å². The summed E-state index contributed by atoms with van der Waals surface area (Å²) in [7, 11) is 0. The summed E-state index contributed by atoms with van der Waals surface area (Å²) < 4.78 is 0. The zero-order valence-corrected chi connectivity index (χ0v) is 8.78. The van der Waals surface area contributed by atoms with E-state index in [4.69, 9.17) is 15.9 Å². The molecular formula is C13H9N3. The molecule has 3 heteroatoms. The first kappa shape index (κ1) is 11.5. The molecule has 0 aliphatic heterocycles. The van der Waals surface area contributed by atoms with Crippen molar-refractivity contribution in [3.05, 3.63) is 47.0 Å². The Kier molecular flexibility index (Phi) is 3.81. The lowest BCUT2D eigenvalue weighted by molar-refractivity contribution is 1.42. The van der Waals surface area contributed by atoms with Crippen LogP contribution in [0.4, 0.5) is 0 Å². The van der Waals surface area contributed by atoms with Crippen molar-refractivity contribution < 1.29 is 0 Å². The van der Waals surface area contributed by atoms with Gasteiger partial charge in [-0.05, 0) is 18.4 Å². The van der Waals surface area contributed by atoms with Crippen molar-refractivity contribution in [1.29, 1.82) is 15.9 Å². The summed E-state index contributed by atoms with van der Waals surface area (Å²) in [6, 6.07) is 13.0. The van der Waals surface area contributed by atoms with Crippen LogP contribution in [0.1, 0.15) is 12.5 Å².